The summed E-state index contributed by atoms with van der Waals surface area (Å²) in [6.07, 6.45) is 0.979. The Kier molecular flexibility index (Phi) is 4.32. The highest BCUT2D eigenvalue weighted by atomic mass is 16.5. The van der Waals surface area contributed by atoms with Crippen LogP contribution in [0.3, 0.4) is 0 Å². The van der Waals surface area contributed by atoms with E-state index in [1.807, 2.05) is 18.2 Å². The van der Waals surface area contributed by atoms with E-state index in [1.165, 1.54) is 0 Å². The fourth-order valence-corrected chi connectivity index (χ4v) is 2.25. The minimum absolute atomic E-state index is 0.230. The average molecular weight is 263 g/mol. The fourth-order valence-electron chi connectivity index (χ4n) is 2.25. The van der Waals surface area contributed by atoms with Crippen LogP contribution >= 0.6 is 0 Å². The molecule has 0 saturated carbocycles. The molecule has 1 atom stereocenters. The second-order valence-electron chi connectivity index (χ2n) is 4.41. The fraction of sp³-hybridized carbons (Fsp3) is 0.467. The molecule has 19 heavy (non-hydrogen) atoms. The van der Waals surface area contributed by atoms with Crippen LogP contribution in [0.5, 0.6) is 11.5 Å². The van der Waals surface area contributed by atoms with Crippen LogP contribution in [0.25, 0.3) is 11.0 Å². The maximum absolute atomic E-state index is 5.94. The van der Waals surface area contributed by atoms with Crippen molar-refractivity contribution in [1.29, 1.82) is 0 Å². The lowest BCUT2D eigenvalue weighted by atomic mass is 10.1. The van der Waals surface area contributed by atoms with Gasteiger partial charge in [-0.15, -0.1) is 0 Å². The van der Waals surface area contributed by atoms with Crippen LogP contribution in [-0.2, 0) is 0 Å². The normalized spacial score (nSPS) is 12.6. The zero-order valence-electron chi connectivity index (χ0n) is 11.9. The first-order chi connectivity index (χ1) is 9.23. The molecule has 104 valence electrons. The van der Waals surface area contributed by atoms with Crippen LogP contribution in [-0.4, -0.2) is 20.8 Å². The van der Waals surface area contributed by atoms with Crippen LogP contribution in [0.4, 0.5) is 0 Å². The molecule has 2 aromatic rings. The molecule has 4 heteroatoms. The third-order valence-electron chi connectivity index (χ3n) is 3.25. The van der Waals surface area contributed by atoms with Crippen molar-refractivity contribution in [2.75, 3.05) is 20.8 Å². The summed E-state index contributed by atoms with van der Waals surface area (Å²) >= 11 is 0. The maximum Gasteiger partial charge on any atom is 0.141 e. The molecular weight excluding hydrogens is 242 g/mol. The molecule has 2 rings (SSSR count). The zero-order valence-corrected chi connectivity index (χ0v) is 11.9. The average Bonchev–Trinajstić information content (AvgIpc) is 2.86. The summed E-state index contributed by atoms with van der Waals surface area (Å²) < 4.78 is 16.6. The van der Waals surface area contributed by atoms with Gasteiger partial charge in [0.2, 0.25) is 0 Å². The molecule has 1 aromatic carbocycles. The molecule has 1 N–H and O–H groups in total. The predicted molar refractivity (Wildman–Crippen MR) is 76.0 cm³/mol. The van der Waals surface area contributed by atoms with Gasteiger partial charge in [0.25, 0.3) is 0 Å². The number of fused-ring (bicyclic) bond motifs is 1. The molecule has 1 unspecified atom stereocenters. The Morgan fingerprint density at radius 3 is 2.53 bits per heavy atom. The number of hydrogen-bond donors (Lipinski definition) is 1. The van der Waals surface area contributed by atoms with Gasteiger partial charge >= 0.3 is 0 Å². The van der Waals surface area contributed by atoms with E-state index in [0.29, 0.717) is 0 Å². The van der Waals surface area contributed by atoms with Crippen molar-refractivity contribution in [1.82, 2.24) is 5.32 Å². The van der Waals surface area contributed by atoms with Gasteiger partial charge in [-0.3, -0.25) is 0 Å². The highest BCUT2D eigenvalue weighted by molar-refractivity contribution is 5.86. The predicted octanol–water partition coefficient (Wildman–Crippen LogP) is 3.51. The van der Waals surface area contributed by atoms with E-state index < -0.39 is 0 Å². The first kappa shape index (κ1) is 13.7. The van der Waals surface area contributed by atoms with Crippen molar-refractivity contribution in [3.8, 4) is 11.5 Å². The van der Waals surface area contributed by atoms with E-state index in [0.717, 1.165) is 41.2 Å². The maximum atomic E-state index is 5.94. The van der Waals surface area contributed by atoms with E-state index in [-0.39, 0.29) is 6.04 Å². The quantitative estimate of drug-likeness (QED) is 0.866. The Morgan fingerprint density at radius 1 is 1.16 bits per heavy atom. The number of hydrogen-bond acceptors (Lipinski definition) is 4. The van der Waals surface area contributed by atoms with Gasteiger partial charge in [-0.2, -0.15) is 0 Å². The molecule has 1 aromatic heterocycles. The highest BCUT2D eigenvalue weighted by Gasteiger charge is 2.16. The SMILES string of the molecule is CCNC(CC)c1cc2c(OC)cc(OC)cc2o1. The zero-order chi connectivity index (χ0) is 13.8. The molecule has 1 heterocycles. The Hall–Kier alpha value is -1.68. The second-order valence-corrected chi connectivity index (χ2v) is 4.41. The van der Waals surface area contributed by atoms with Gasteiger partial charge < -0.3 is 19.2 Å². The number of ether oxygens (including phenoxy) is 2. The van der Waals surface area contributed by atoms with Crippen LogP contribution < -0.4 is 14.8 Å². The Labute approximate surface area is 113 Å². The number of rotatable bonds is 6. The van der Waals surface area contributed by atoms with Crippen molar-refractivity contribution >= 4 is 11.0 Å². The summed E-state index contributed by atoms with van der Waals surface area (Å²) in [6.45, 7) is 5.14. The van der Waals surface area contributed by atoms with Crippen molar-refractivity contribution in [3.05, 3.63) is 24.0 Å². The lowest BCUT2D eigenvalue weighted by Crippen LogP contribution is -2.19. The van der Waals surface area contributed by atoms with E-state index in [4.69, 9.17) is 13.9 Å². The van der Waals surface area contributed by atoms with Gasteiger partial charge in [-0.1, -0.05) is 13.8 Å². The standard InChI is InChI=1S/C15H21NO3/c1-5-12(16-6-2)15-9-11-13(18-4)7-10(17-3)8-14(11)19-15/h7-9,12,16H,5-6H2,1-4H3. The molecule has 0 aliphatic rings. The third kappa shape index (κ3) is 2.68. The first-order valence-corrected chi connectivity index (χ1v) is 6.62. The van der Waals surface area contributed by atoms with Gasteiger partial charge in [-0.25, -0.2) is 0 Å². The number of methoxy groups -OCH3 is 2. The van der Waals surface area contributed by atoms with Crippen LogP contribution in [0.1, 0.15) is 32.1 Å². The van der Waals surface area contributed by atoms with Crippen LogP contribution in [0.2, 0.25) is 0 Å². The highest BCUT2D eigenvalue weighted by Crippen LogP contribution is 2.35. The molecule has 0 saturated heterocycles. The molecular formula is C15H21NO3. The van der Waals surface area contributed by atoms with Crippen molar-refractivity contribution in [2.45, 2.75) is 26.3 Å². The van der Waals surface area contributed by atoms with Crippen molar-refractivity contribution < 1.29 is 13.9 Å². The molecule has 0 aliphatic carbocycles. The largest absolute Gasteiger partial charge is 0.496 e. The third-order valence-corrected chi connectivity index (χ3v) is 3.25. The summed E-state index contributed by atoms with van der Waals surface area (Å²) in [5.41, 5.74) is 0.794. The summed E-state index contributed by atoms with van der Waals surface area (Å²) in [5.74, 6) is 2.45. The Morgan fingerprint density at radius 2 is 1.95 bits per heavy atom. The lowest BCUT2D eigenvalue weighted by Gasteiger charge is -2.11. The molecule has 0 radical (unpaired) electrons. The number of furan rings is 1. The van der Waals surface area contributed by atoms with E-state index >= 15 is 0 Å². The van der Waals surface area contributed by atoms with Crippen molar-refractivity contribution in [3.63, 3.8) is 0 Å². The molecule has 4 nitrogen and oxygen atoms in total. The summed E-state index contributed by atoms with van der Waals surface area (Å²) in [7, 11) is 3.29. The van der Waals surface area contributed by atoms with Gasteiger partial charge in [0.1, 0.15) is 22.8 Å². The van der Waals surface area contributed by atoms with E-state index in [2.05, 4.69) is 19.2 Å². The monoisotopic (exact) mass is 263 g/mol. The van der Waals surface area contributed by atoms with Crippen molar-refractivity contribution in [2.24, 2.45) is 0 Å². The molecule has 0 amide bonds. The first-order valence-electron chi connectivity index (χ1n) is 6.62. The van der Waals surface area contributed by atoms with E-state index in [9.17, 15) is 0 Å². The van der Waals surface area contributed by atoms with E-state index in [1.54, 1.807) is 14.2 Å². The van der Waals surface area contributed by atoms with Crippen LogP contribution in [0, 0.1) is 0 Å². The number of nitrogens with one attached hydrogen (secondary N) is 1. The summed E-state index contributed by atoms with van der Waals surface area (Å²) in [5, 5.41) is 4.39. The smallest absolute Gasteiger partial charge is 0.141 e. The topological polar surface area (TPSA) is 43.6 Å². The van der Waals surface area contributed by atoms with Gasteiger partial charge in [0, 0.05) is 12.1 Å². The lowest BCUT2D eigenvalue weighted by molar-refractivity contribution is 0.395. The van der Waals surface area contributed by atoms with Gasteiger partial charge in [0.15, 0.2) is 0 Å². The Balaban J connectivity index is 2.49. The minimum Gasteiger partial charge on any atom is -0.496 e. The van der Waals surface area contributed by atoms with Gasteiger partial charge in [-0.05, 0) is 19.0 Å². The molecule has 0 spiro atoms. The van der Waals surface area contributed by atoms with Crippen LogP contribution in [0.15, 0.2) is 22.6 Å². The molecule has 0 aliphatic heterocycles. The van der Waals surface area contributed by atoms with Gasteiger partial charge in [0.05, 0.1) is 25.6 Å². The molecule has 0 fully saturated rings. The molecule has 0 bridgehead atoms. The summed E-state index contributed by atoms with van der Waals surface area (Å²) in [6, 6.07) is 6.04. The minimum atomic E-state index is 0.230. The summed E-state index contributed by atoms with van der Waals surface area (Å²) in [4.78, 5) is 0. The second kappa shape index (κ2) is 5.97. The Bertz CT molecular complexity index is 548. The number of benzene rings is 1.